The molecular formula is C26H24FN5O3. The van der Waals surface area contributed by atoms with Crippen LogP contribution in [0.1, 0.15) is 41.4 Å². The van der Waals surface area contributed by atoms with Crippen molar-refractivity contribution in [1.82, 2.24) is 19.7 Å². The summed E-state index contributed by atoms with van der Waals surface area (Å²) in [6.45, 7) is 3.45. The molecule has 1 aliphatic rings. The lowest BCUT2D eigenvalue weighted by molar-refractivity contribution is 0.0704. The highest BCUT2D eigenvalue weighted by Crippen LogP contribution is 2.37. The molecule has 0 spiro atoms. The molecule has 1 unspecified atom stereocenters. The Labute approximate surface area is 201 Å². The Morgan fingerprint density at radius 1 is 1.31 bits per heavy atom. The molecule has 5 rings (SSSR count). The lowest BCUT2D eigenvalue weighted by atomic mass is 10.0. The summed E-state index contributed by atoms with van der Waals surface area (Å²) < 4.78 is 22.5. The van der Waals surface area contributed by atoms with Gasteiger partial charge >= 0.3 is 0 Å². The monoisotopic (exact) mass is 473 g/mol. The SMILES string of the molecule is CN(C(=O)c1cc2c(cc1F)nc(N)c1cnn(C)c12)C1COc2cc(C#CC(C)(C)O)ccc21. The van der Waals surface area contributed by atoms with Crippen molar-refractivity contribution in [3.8, 4) is 17.6 Å². The number of aliphatic hydroxyl groups is 1. The van der Waals surface area contributed by atoms with Crippen molar-refractivity contribution in [2.75, 3.05) is 19.4 Å². The highest BCUT2D eigenvalue weighted by molar-refractivity contribution is 6.10. The molecule has 4 aromatic rings. The van der Waals surface area contributed by atoms with Gasteiger partial charge in [0.05, 0.1) is 34.2 Å². The van der Waals surface area contributed by atoms with Crippen LogP contribution in [0.5, 0.6) is 5.75 Å². The quantitative estimate of drug-likeness (QED) is 0.433. The zero-order valence-corrected chi connectivity index (χ0v) is 19.8. The van der Waals surface area contributed by atoms with Crippen molar-refractivity contribution < 1.29 is 19.0 Å². The van der Waals surface area contributed by atoms with E-state index in [1.807, 2.05) is 12.1 Å². The van der Waals surface area contributed by atoms with E-state index in [2.05, 4.69) is 21.9 Å². The smallest absolute Gasteiger partial charge is 0.257 e. The van der Waals surface area contributed by atoms with Crippen LogP contribution in [0, 0.1) is 17.7 Å². The van der Waals surface area contributed by atoms with Crippen molar-refractivity contribution >= 4 is 33.5 Å². The molecule has 3 N–H and O–H groups in total. The molecule has 35 heavy (non-hydrogen) atoms. The Bertz CT molecular complexity index is 1580. The Balaban J connectivity index is 1.50. The van der Waals surface area contributed by atoms with Gasteiger partial charge in [0, 0.05) is 36.7 Å². The largest absolute Gasteiger partial charge is 0.491 e. The van der Waals surface area contributed by atoms with Crippen LogP contribution in [0.4, 0.5) is 10.2 Å². The number of carbonyl (C=O) groups excluding carboxylic acids is 1. The predicted octanol–water partition coefficient (Wildman–Crippen LogP) is 3.17. The first kappa shape index (κ1) is 22.6. The van der Waals surface area contributed by atoms with E-state index < -0.39 is 23.4 Å². The van der Waals surface area contributed by atoms with E-state index in [1.165, 1.54) is 17.0 Å². The number of pyridine rings is 1. The van der Waals surface area contributed by atoms with E-state index in [0.717, 1.165) is 5.56 Å². The molecule has 0 radical (unpaired) electrons. The van der Waals surface area contributed by atoms with Crippen LogP contribution in [0.15, 0.2) is 36.5 Å². The number of aromatic nitrogens is 3. The van der Waals surface area contributed by atoms with Gasteiger partial charge < -0.3 is 20.5 Å². The fourth-order valence-electron chi connectivity index (χ4n) is 4.29. The number of likely N-dealkylation sites (N-methyl/N-ethyl adjacent to an activating group) is 1. The molecular weight excluding hydrogens is 449 g/mol. The summed E-state index contributed by atoms with van der Waals surface area (Å²) in [5.41, 5.74) is 7.35. The van der Waals surface area contributed by atoms with E-state index in [9.17, 15) is 9.90 Å². The second kappa shape index (κ2) is 7.96. The van der Waals surface area contributed by atoms with Gasteiger partial charge in [-0.05, 0) is 32.0 Å². The zero-order valence-electron chi connectivity index (χ0n) is 19.8. The lowest BCUT2D eigenvalue weighted by Crippen LogP contribution is -2.32. The van der Waals surface area contributed by atoms with Crippen molar-refractivity contribution in [3.05, 3.63) is 59.0 Å². The van der Waals surface area contributed by atoms with Crippen LogP contribution < -0.4 is 10.5 Å². The second-order valence-corrected chi connectivity index (χ2v) is 9.18. The average Bonchev–Trinajstić information content (AvgIpc) is 3.40. The summed E-state index contributed by atoms with van der Waals surface area (Å²) >= 11 is 0. The molecule has 0 fully saturated rings. The van der Waals surface area contributed by atoms with Crippen molar-refractivity contribution in [2.24, 2.45) is 7.05 Å². The number of hydrogen-bond donors (Lipinski definition) is 2. The molecule has 9 heteroatoms. The topological polar surface area (TPSA) is 106 Å². The normalized spacial score (nSPS) is 15.0. The number of benzene rings is 2. The first-order valence-corrected chi connectivity index (χ1v) is 11.0. The molecule has 1 amide bonds. The summed E-state index contributed by atoms with van der Waals surface area (Å²) in [6, 6.07) is 7.76. The standard InChI is InChI=1S/C26H24FN5O3/c1-26(2,34)8-7-14-5-6-15-21(13-35-22(15)9-14)31(3)25(33)16-10-17-20(11-19(16)27)30-24(28)18-12-29-32(4)23(17)18/h5-6,9-12,21,34H,13H2,1-4H3,(H2,28,30). The van der Waals surface area contributed by atoms with Gasteiger partial charge in [0.25, 0.3) is 5.91 Å². The van der Waals surface area contributed by atoms with Crippen molar-refractivity contribution in [3.63, 3.8) is 0 Å². The summed E-state index contributed by atoms with van der Waals surface area (Å²) in [4.78, 5) is 19.2. The first-order chi connectivity index (χ1) is 16.5. The average molecular weight is 474 g/mol. The maximum absolute atomic E-state index is 15.1. The first-order valence-electron chi connectivity index (χ1n) is 11.0. The molecule has 178 valence electrons. The molecule has 2 aromatic heterocycles. The van der Waals surface area contributed by atoms with E-state index in [0.29, 0.717) is 33.1 Å². The lowest BCUT2D eigenvalue weighted by Gasteiger charge is -2.24. The van der Waals surface area contributed by atoms with E-state index >= 15 is 4.39 Å². The predicted molar refractivity (Wildman–Crippen MR) is 130 cm³/mol. The third-order valence-corrected chi connectivity index (χ3v) is 6.10. The van der Waals surface area contributed by atoms with Gasteiger partial charge in [-0.15, -0.1) is 0 Å². The summed E-state index contributed by atoms with van der Waals surface area (Å²) in [5, 5.41) is 15.3. The Kier molecular flexibility index (Phi) is 5.15. The summed E-state index contributed by atoms with van der Waals surface area (Å²) in [6.07, 6.45) is 1.60. The van der Waals surface area contributed by atoms with E-state index in [1.54, 1.807) is 44.9 Å². The fourth-order valence-corrected chi connectivity index (χ4v) is 4.29. The Morgan fingerprint density at radius 2 is 2.09 bits per heavy atom. The molecule has 0 saturated carbocycles. The maximum atomic E-state index is 15.1. The van der Waals surface area contributed by atoms with Crippen LogP contribution in [0.2, 0.25) is 0 Å². The van der Waals surface area contributed by atoms with Gasteiger partial charge in [-0.2, -0.15) is 5.10 Å². The van der Waals surface area contributed by atoms with Gasteiger partial charge in [-0.1, -0.05) is 17.9 Å². The van der Waals surface area contributed by atoms with E-state index in [4.69, 9.17) is 10.5 Å². The minimum Gasteiger partial charge on any atom is -0.491 e. The molecule has 0 saturated heterocycles. The Morgan fingerprint density at radius 3 is 2.83 bits per heavy atom. The van der Waals surface area contributed by atoms with Gasteiger partial charge in [0.1, 0.15) is 29.6 Å². The number of rotatable bonds is 2. The van der Waals surface area contributed by atoms with Crippen molar-refractivity contribution in [1.29, 1.82) is 0 Å². The minimum atomic E-state index is -1.11. The van der Waals surface area contributed by atoms with Gasteiger partial charge in [-0.25, -0.2) is 9.37 Å². The summed E-state index contributed by atoms with van der Waals surface area (Å²) in [5.74, 6) is 5.38. The molecule has 8 nitrogen and oxygen atoms in total. The number of halogens is 1. The summed E-state index contributed by atoms with van der Waals surface area (Å²) in [7, 11) is 3.38. The van der Waals surface area contributed by atoms with Gasteiger partial charge in [0.2, 0.25) is 0 Å². The number of hydrogen-bond acceptors (Lipinski definition) is 6. The number of nitrogen functional groups attached to an aromatic ring is 1. The Hall–Kier alpha value is -4.16. The van der Waals surface area contributed by atoms with Crippen LogP contribution in [0.25, 0.3) is 21.8 Å². The number of nitrogens with zero attached hydrogens (tertiary/aromatic N) is 4. The molecule has 2 aromatic carbocycles. The van der Waals surface area contributed by atoms with Crippen molar-refractivity contribution in [2.45, 2.75) is 25.5 Å². The molecule has 1 atom stereocenters. The zero-order chi connectivity index (χ0) is 25.1. The number of anilines is 1. The number of nitrogens with two attached hydrogens (primary N) is 1. The minimum absolute atomic E-state index is 0.0739. The highest BCUT2D eigenvalue weighted by atomic mass is 19.1. The van der Waals surface area contributed by atoms with Crippen LogP contribution in [-0.4, -0.2) is 49.9 Å². The molecule has 0 aliphatic carbocycles. The fraction of sp³-hybridized carbons (Fsp3) is 0.269. The third-order valence-electron chi connectivity index (χ3n) is 6.10. The number of aryl methyl sites for hydroxylation is 1. The second-order valence-electron chi connectivity index (χ2n) is 9.18. The number of carbonyl (C=O) groups is 1. The molecule has 3 heterocycles. The van der Waals surface area contributed by atoms with E-state index in [-0.39, 0.29) is 18.0 Å². The van der Waals surface area contributed by atoms with Gasteiger partial charge in [-0.3, -0.25) is 9.48 Å². The molecule has 1 aliphatic heterocycles. The number of ether oxygens (including phenoxy) is 1. The van der Waals surface area contributed by atoms with Crippen LogP contribution in [-0.2, 0) is 7.05 Å². The van der Waals surface area contributed by atoms with Crippen LogP contribution in [0.3, 0.4) is 0 Å². The number of amides is 1. The number of fused-ring (bicyclic) bond motifs is 4. The highest BCUT2D eigenvalue weighted by Gasteiger charge is 2.32. The maximum Gasteiger partial charge on any atom is 0.257 e. The van der Waals surface area contributed by atoms with Crippen LogP contribution >= 0.6 is 0 Å². The third kappa shape index (κ3) is 3.92. The molecule has 0 bridgehead atoms. The van der Waals surface area contributed by atoms with Gasteiger partial charge in [0.15, 0.2) is 0 Å².